The molecule has 1 aliphatic rings. The van der Waals surface area contributed by atoms with Crippen molar-refractivity contribution >= 4 is 60.5 Å². The summed E-state index contributed by atoms with van der Waals surface area (Å²) in [6.07, 6.45) is 0. The van der Waals surface area contributed by atoms with Crippen LogP contribution < -0.4 is 9.64 Å². The molecule has 9 aromatic carbocycles. The van der Waals surface area contributed by atoms with Gasteiger partial charge in [0.25, 0.3) is 0 Å². The SMILES string of the molecule is c1cc(-c2cccc3ccccc23)c(N2c3ccc(-c4cc5ccccc5o4)cc3Oc3cc(-c4cc5ccccc5o4)ccc32)c(-c2cccc3ccccc23)c1. The lowest BCUT2D eigenvalue weighted by Crippen LogP contribution is -2.18. The predicted molar refractivity (Wildman–Crippen MR) is 237 cm³/mol. The highest BCUT2D eigenvalue weighted by atomic mass is 16.5. The lowest BCUT2D eigenvalue weighted by molar-refractivity contribution is 0.477. The summed E-state index contributed by atoms with van der Waals surface area (Å²) >= 11 is 0. The number of rotatable bonds is 5. The fourth-order valence-corrected chi connectivity index (χ4v) is 8.74. The highest BCUT2D eigenvalue weighted by Crippen LogP contribution is 2.57. The molecule has 272 valence electrons. The standard InChI is InChI=1S/C54H33NO3/c1-5-18-40-34(12-1)16-9-20-42(40)44-22-11-23-45(43-21-10-17-35-13-2-6-19-41(35)43)54(44)55-46-28-26-38(50-30-36-14-3-7-24-48(36)56-50)32-52(46)58-53-33-39(27-29-47(53)55)51-31-37-15-4-8-25-49(37)57-51/h1-33H. The maximum atomic E-state index is 7.01. The zero-order valence-electron chi connectivity index (χ0n) is 31.2. The van der Waals surface area contributed by atoms with Gasteiger partial charge in [-0.15, -0.1) is 0 Å². The lowest BCUT2D eigenvalue weighted by Gasteiger charge is -2.36. The van der Waals surface area contributed by atoms with Gasteiger partial charge in [-0.25, -0.2) is 0 Å². The smallest absolute Gasteiger partial charge is 0.152 e. The van der Waals surface area contributed by atoms with Gasteiger partial charge >= 0.3 is 0 Å². The van der Waals surface area contributed by atoms with Gasteiger partial charge in [0, 0.05) is 33.0 Å². The summed E-state index contributed by atoms with van der Waals surface area (Å²) in [5, 5.41) is 6.88. The van der Waals surface area contributed by atoms with Crippen molar-refractivity contribution in [2.24, 2.45) is 0 Å². The van der Waals surface area contributed by atoms with Crippen LogP contribution in [-0.2, 0) is 0 Å². The summed E-state index contributed by atoms with van der Waals surface area (Å²) in [5.41, 5.74) is 11.0. The molecular formula is C54H33NO3. The Morgan fingerprint density at radius 2 is 0.741 bits per heavy atom. The molecule has 0 atom stereocenters. The van der Waals surface area contributed by atoms with Gasteiger partial charge in [-0.2, -0.15) is 0 Å². The van der Waals surface area contributed by atoms with Crippen molar-refractivity contribution in [2.75, 3.05) is 4.90 Å². The molecule has 0 unspecified atom stereocenters. The van der Waals surface area contributed by atoms with Crippen LogP contribution in [0.2, 0.25) is 0 Å². The van der Waals surface area contributed by atoms with Gasteiger partial charge in [-0.1, -0.05) is 140 Å². The molecule has 0 bridgehead atoms. The molecule has 0 fully saturated rings. The summed E-state index contributed by atoms with van der Waals surface area (Å²) in [6, 6.07) is 70.4. The molecule has 58 heavy (non-hydrogen) atoms. The van der Waals surface area contributed by atoms with Crippen molar-refractivity contribution in [3.8, 4) is 56.4 Å². The van der Waals surface area contributed by atoms with Crippen molar-refractivity contribution in [3.05, 3.63) is 200 Å². The van der Waals surface area contributed by atoms with Gasteiger partial charge in [0.15, 0.2) is 11.5 Å². The first-order valence-electron chi connectivity index (χ1n) is 19.6. The molecule has 11 aromatic rings. The monoisotopic (exact) mass is 743 g/mol. The second-order valence-corrected chi connectivity index (χ2v) is 14.9. The predicted octanol–water partition coefficient (Wildman–Crippen LogP) is 15.7. The third-order valence-electron chi connectivity index (χ3n) is 11.5. The molecule has 1 aliphatic heterocycles. The Morgan fingerprint density at radius 3 is 1.24 bits per heavy atom. The van der Waals surface area contributed by atoms with E-state index in [4.69, 9.17) is 13.6 Å². The largest absolute Gasteiger partial charge is 0.456 e. The molecule has 0 spiro atoms. The molecule has 4 heteroatoms. The van der Waals surface area contributed by atoms with E-state index >= 15 is 0 Å². The van der Waals surface area contributed by atoms with Crippen LogP contribution in [0.5, 0.6) is 11.5 Å². The number of anilines is 3. The maximum Gasteiger partial charge on any atom is 0.152 e. The summed E-state index contributed by atoms with van der Waals surface area (Å²) in [7, 11) is 0. The zero-order chi connectivity index (χ0) is 38.2. The summed E-state index contributed by atoms with van der Waals surface area (Å²) in [5.74, 6) is 3.02. The van der Waals surface area contributed by atoms with E-state index in [0.717, 1.165) is 95.4 Å². The van der Waals surface area contributed by atoms with E-state index in [0.29, 0.717) is 0 Å². The third kappa shape index (κ3) is 5.16. The Kier molecular flexibility index (Phi) is 7.20. The highest BCUT2D eigenvalue weighted by Gasteiger charge is 2.32. The average Bonchev–Trinajstić information content (AvgIpc) is 3.93. The molecule has 0 saturated carbocycles. The third-order valence-corrected chi connectivity index (χ3v) is 11.5. The van der Waals surface area contributed by atoms with E-state index < -0.39 is 0 Å². The van der Waals surface area contributed by atoms with Crippen LogP contribution in [0.15, 0.2) is 209 Å². The number of nitrogens with zero attached hydrogens (tertiary/aromatic N) is 1. The zero-order valence-corrected chi connectivity index (χ0v) is 31.2. The molecule has 4 nitrogen and oxygen atoms in total. The van der Waals surface area contributed by atoms with Gasteiger partial charge < -0.3 is 18.5 Å². The van der Waals surface area contributed by atoms with Gasteiger partial charge in [0.1, 0.15) is 22.7 Å². The van der Waals surface area contributed by atoms with Crippen LogP contribution in [0, 0.1) is 0 Å². The van der Waals surface area contributed by atoms with Crippen LogP contribution in [0.3, 0.4) is 0 Å². The Bertz CT molecular complexity index is 3110. The van der Waals surface area contributed by atoms with E-state index in [-0.39, 0.29) is 0 Å². The Morgan fingerprint density at radius 1 is 0.328 bits per heavy atom. The van der Waals surface area contributed by atoms with Gasteiger partial charge in [-0.3, -0.25) is 0 Å². The number of ether oxygens (including phenoxy) is 1. The maximum absolute atomic E-state index is 7.01. The molecule has 3 heterocycles. The Balaban J connectivity index is 1.14. The molecule has 0 amide bonds. The topological polar surface area (TPSA) is 38.8 Å². The van der Waals surface area contributed by atoms with Crippen molar-refractivity contribution in [2.45, 2.75) is 0 Å². The highest BCUT2D eigenvalue weighted by molar-refractivity contribution is 6.09. The summed E-state index contributed by atoms with van der Waals surface area (Å²) in [4.78, 5) is 2.40. The normalized spacial score (nSPS) is 12.2. The minimum Gasteiger partial charge on any atom is -0.456 e. The van der Waals surface area contributed by atoms with Crippen LogP contribution in [0.1, 0.15) is 0 Å². The number of hydrogen-bond acceptors (Lipinski definition) is 4. The quantitative estimate of drug-likeness (QED) is 0.176. The van der Waals surface area contributed by atoms with Crippen molar-refractivity contribution in [1.29, 1.82) is 0 Å². The van der Waals surface area contributed by atoms with E-state index in [1.165, 1.54) is 21.5 Å². The summed E-state index contributed by atoms with van der Waals surface area (Å²) < 4.78 is 19.8. The lowest BCUT2D eigenvalue weighted by atomic mass is 9.89. The van der Waals surface area contributed by atoms with E-state index in [2.05, 4.69) is 169 Å². The van der Waals surface area contributed by atoms with Crippen LogP contribution in [0.4, 0.5) is 17.1 Å². The van der Waals surface area contributed by atoms with Gasteiger partial charge in [-0.05, 0) is 93.3 Å². The van der Waals surface area contributed by atoms with Crippen LogP contribution in [-0.4, -0.2) is 0 Å². The van der Waals surface area contributed by atoms with E-state index in [1.807, 2.05) is 36.4 Å². The second-order valence-electron chi connectivity index (χ2n) is 14.9. The number of para-hydroxylation sites is 3. The van der Waals surface area contributed by atoms with Crippen molar-refractivity contribution in [1.82, 2.24) is 0 Å². The minimum atomic E-state index is 0.726. The number of benzene rings is 9. The first-order chi connectivity index (χ1) is 28.7. The van der Waals surface area contributed by atoms with E-state index in [9.17, 15) is 0 Å². The molecule has 0 radical (unpaired) electrons. The molecule has 0 saturated heterocycles. The van der Waals surface area contributed by atoms with E-state index in [1.54, 1.807) is 0 Å². The molecule has 12 rings (SSSR count). The van der Waals surface area contributed by atoms with Crippen molar-refractivity contribution in [3.63, 3.8) is 0 Å². The number of fused-ring (bicyclic) bond motifs is 6. The van der Waals surface area contributed by atoms with Gasteiger partial charge in [0.05, 0.1) is 17.1 Å². The molecule has 0 N–H and O–H groups in total. The Hall–Kier alpha value is -7.82. The minimum absolute atomic E-state index is 0.726. The van der Waals surface area contributed by atoms with Crippen LogP contribution in [0.25, 0.3) is 88.4 Å². The number of furan rings is 2. The second kappa shape index (κ2) is 12.9. The van der Waals surface area contributed by atoms with Crippen LogP contribution >= 0.6 is 0 Å². The molecule has 2 aromatic heterocycles. The van der Waals surface area contributed by atoms with Gasteiger partial charge in [0.2, 0.25) is 0 Å². The fourth-order valence-electron chi connectivity index (χ4n) is 8.74. The Labute approximate surface area is 334 Å². The first-order valence-corrected chi connectivity index (χ1v) is 19.6. The van der Waals surface area contributed by atoms with Crippen molar-refractivity contribution < 1.29 is 13.6 Å². The fraction of sp³-hybridized carbons (Fsp3) is 0. The first kappa shape index (κ1) is 32.4. The molecular weight excluding hydrogens is 711 g/mol. The summed E-state index contributed by atoms with van der Waals surface area (Å²) in [6.45, 7) is 0. The number of hydrogen-bond donors (Lipinski definition) is 0. The molecule has 0 aliphatic carbocycles. The average molecular weight is 744 g/mol.